The molecule has 176 valence electrons. The van der Waals surface area contributed by atoms with E-state index in [2.05, 4.69) is 39.6 Å². The molecule has 33 heavy (non-hydrogen) atoms. The van der Waals surface area contributed by atoms with Crippen LogP contribution in [0.5, 0.6) is 5.75 Å². The van der Waals surface area contributed by atoms with Crippen LogP contribution >= 0.6 is 22.6 Å². The van der Waals surface area contributed by atoms with E-state index in [0.717, 1.165) is 63.1 Å². The van der Waals surface area contributed by atoms with Crippen molar-refractivity contribution in [3.63, 3.8) is 0 Å². The normalized spacial score (nSPS) is 21.5. The maximum atomic E-state index is 11.8. The van der Waals surface area contributed by atoms with Crippen LogP contribution < -0.4 is 9.64 Å². The summed E-state index contributed by atoms with van der Waals surface area (Å²) in [6.07, 6.45) is 7.50. The Morgan fingerprint density at radius 3 is 2.42 bits per heavy atom. The van der Waals surface area contributed by atoms with Gasteiger partial charge in [-0.2, -0.15) is 0 Å². The zero-order valence-corrected chi connectivity index (χ0v) is 21.0. The van der Waals surface area contributed by atoms with E-state index in [9.17, 15) is 9.59 Å². The van der Waals surface area contributed by atoms with Crippen LogP contribution in [0.15, 0.2) is 42.5 Å². The van der Waals surface area contributed by atoms with Crippen molar-refractivity contribution in [1.29, 1.82) is 0 Å². The Labute approximate surface area is 208 Å². The predicted molar refractivity (Wildman–Crippen MR) is 135 cm³/mol. The third-order valence-electron chi connectivity index (χ3n) is 6.45. The molecular formula is C26H30INO5. The van der Waals surface area contributed by atoms with E-state index in [1.807, 2.05) is 18.2 Å². The Morgan fingerprint density at radius 2 is 1.73 bits per heavy atom. The molecule has 0 amide bonds. The van der Waals surface area contributed by atoms with Crippen molar-refractivity contribution in [1.82, 2.24) is 0 Å². The van der Waals surface area contributed by atoms with Crippen LogP contribution in [-0.2, 0) is 9.47 Å². The van der Waals surface area contributed by atoms with E-state index in [0.29, 0.717) is 17.4 Å². The fourth-order valence-corrected chi connectivity index (χ4v) is 5.06. The van der Waals surface area contributed by atoms with Crippen molar-refractivity contribution >= 4 is 40.5 Å². The summed E-state index contributed by atoms with van der Waals surface area (Å²) in [5, 5.41) is 0. The standard InChI is InChI=1S/C26H30INO5/c1-31-26(30)25-10-7-20(15-18(25)17-29)28-13-11-22(12-14-28)33-24-4-2-3-23(16-24)32-21-8-5-19(27)6-9-21/h5-10,15,17,22-24H,2-4,11-14,16H2,1H3/t23-,24+/m1/s1. The van der Waals surface area contributed by atoms with Gasteiger partial charge in [0.2, 0.25) is 0 Å². The van der Waals surface area contributed by atoms with Gasteiger partial charge in [-0.05, 0) is 97.2 Å². The highest BCUT2D eigenvalue weighted by Crippen LogP contribution is 2.30. The van der Waals surface area contributed by atoms with Crippen molar-refractivity contribution in [2.24, 2.45) is 0 Å². The number of carbonyl (C=O) groups is 2. The van der Waals surface area contributed by atoms with Gasteiger partial charge >= 0.3 is 5.97 Å². The number of esters is 1. The summed E-state index contributed by atoms with van der Waals surface area (Å²) in [5.41, 5.74) is 1.61. The molecule has 6 nitrogen and oxygen atoms in total. The molecule has 0 aromatic heterocycles. The molecule has 2 aromatic rings. The maximum Gasteiger partial charge on any atom is 0.338 e. The Morgan fingerprint density at radius 1 is 1.00 bits per heavy atom. The second-order valence-corrected chi connectivity index (χ2v) is 9.93. The average Bonchev–Trinajstić information content (AvgIpc) is 2.85. The fourth-order valence-electron chi connectivity index (χ4n) is 4.70. The summed E-state index contributed by atoms with van der Waals surface area (Å²) in [4.78, 5) is 25.5. The maximum absolute atomic E-state index is 11.8. The van der Waals surface area contributed by atoms with Gasteiger partial charge in [0.1, 0.15) is 11.9 Å². The molecule has 0 unspecified atom stereocenters. The predicted octanol–water partition coefficient (Wildman–Crippen LogP) is 5.27. The number of rotatable bonds is 7. The van der Waals surface area contributed by atoms with E-state index >= 15 is 0 Å². The molecule has 7 heteroatoms. The minimum absolute atomic E-state index is 0.207. The second kappa shape index (κ2) is 11.3. The van der Waals surface area contributed by atoms with Crippen LogP contribution in [0, 0.1) is 3.57 Å². The first-order valence-corrected chi connectivity index (χ1v) is 12.6. The van der Waals surface area contributed by atoms with Crippen molar-refractivity contribution < 1.29 is 23.8 Å². The summed E-state index contributed by atoms with van der Waals surface area (Å²) in [5.74, 6) is 0.440. The number of benzene rings is 2. The second-order valence-electron chi connectivity index (χ2n) is 8.69. The first kappa shape index (κ1) is 24.0. The lowest BCUT2D eigenvalue weighted by atomic mass is 9.94. The molecule has 2 atom stereocenters. The van der Waals surface area contributed by atoms with Gasteiger partial charge in [0.25, 0.3) is 0 Å². The highest BCUT2D eigenvalue weighted by molar-refractivity contribution is 14.1. The summed E-state index contributed by atoms with van der Waals surface area (Å²) in [6.45, 7) is 1.71. The molecule has 2 aliphatic rings. The number of carbonyl (C=O) groups excluding carboxylic acids is 2. The number of ether oxygens (including phenoxy) is 3. The topological polar surface area (TPSA) is 65.1 Å². The van der Waals surface area contributed by atoms with E-state index in [4.69, 9.17) is 14.2 Å². The number of hydrogen-bond acceptors (Lipinski definition) is 6. The van der Waals surface area contributed by atoms with Crippen molar-refractivity contribution in [3.8, 4) is 5.75 Å². The molecule has 1 saturated heterocycles. The molecule has 1 heterocycles. The van der Waals surface area contributed by atoms with Crippen LogP contribution in [0.3, 0.4) is 0 Å². The first-order chi connectivity index (χ1) is 16.1. The summed E-state index contributed by atoms with van der Waals surface area (Å²) in [6, 6.07) is 13.5. The number of halogens is 1. The first-order valence-electron chi connectivity index (χ1n) is 11.6. The van der Waals surface area contributed by atoms with Gasteiger partial charge in [-0.3, -0.25) is 4.79 Å². The van der Waals surface area contributed by atoms with Gasteiger partial charge < -0.3 is 19.1 Å². The van der Waals surface area contributed by atoms with Crippen molar-refractivity contribution in [2.45, 2.75) is 56.8 Å². The SMILES string of the molecule is COC(=O)c1ccc(N2CCC(O[C@H]3CCC[C@@H](Oc4ccc(I)cc4)C3)CC2)cc1C=O. The van der Waals surface area contributed by atoms with Gasteiger partial charge in [0.05, 0.1) is 24.9 Å². The van der Waals surface area contributed by atoms with Crippen LogP contribution in [-0.4, -0.2) is 50.8 Å². The summed E-state index contributed by atoms with van der Waals surface area (Å²) < 4.78 is 18.7. The largest absolute Gasteiger partial charge is 0.490 e. The van der Waals surface area contributed by atoms with Gasteiger partial charge in [0, 0.05) is 34.3 Å². The lowest BCUT2D eigenvalue weighted by Gasteiger charge is -2.37. The third-order valence-corrected chi connectivity index (χ3v) is 7.17. The zero-order chi connectivity index (χ0) is 23.2. The zero-order valence-electron chi connectivity index (χ0n) is 18.9. The molecular weight excluding hydrogens is 533 g/mol. The smallest absolute Gasteiger partial charge is 0.338 e. The molecule has 2 fully saturated rings. The number of methoxy groups -OCH3 is 1. The number of nitrogens with zero attached hydrogens (tertiary/aromatic N) is 1. The van der Waals surface area contributed by atoms with Crippen LogP contribution in [0.4, 0.5) is 5.69 Å². The number of piperidine rings is 1. The molecule has 0 bridgehead atoms. The quantitative estimate of drug-likeness (QED) is 0.260. The summed E-state index contributed by atoms with van der Waals surface area (Å²) >= 11 is 2.30. The molecule has 1 aliphatic heterocycles. The van der Waals surface area contributed by atoms with E-state index in [-0.39, 0.29) is 18.3 Å². The lowest BCUT2D eigenvalue weighted by Crippen LogP contribution is -2.40. The van der Waals surface area contributed by atoms with E-state index in [1.165, 1.54) is 10.7 Å². The third kappa shape index (κ3) is 6.26. The Kier molecular flexibility index (Phi) is 8.25. The van der Waals surface area contributed by atoms with Crippen LogP contribution in [0.25, 0.3) is 0 Å². The summed E-state index contributed by atoms with van der Waals surface area (Å²) in [7, 11) is 1.32. The van der Waals surface area contributed by atoms with Crippen molar-refractivity contribution in [2.75, 3.05) is 25.1 Å². The van der Waals surface area contributed by atoms with Gasteiger partial charge in [-0.15, -0.1) is 0 Å². The van der Waals surface area contributed by atoms with E-state index in [1.54, 1.807) is 12.1 Å². The van der Waals surface area contributed by atoms with Gasteiger partial charge in [0.15, 0.2) is 6.29 Å². The molecule has 2 aromatic carbocycles. The Hall–Kier alpha value is -2.13. The number of aldehydes is 1. The average molecular weight is 563 g/mol. The fraction of sp³-hybridized carbons (Fsp3) is 0.462. The minimum Gasteiger partial charge on any atom is -0.490 e. The Balaban J connectivity index is 1.28. The number of anilines is 1. The van der Waals surface area contributed by atoms with Crippen molar-refractivity contribution in [3.05, 3.63) is 57.2 Å². The monoisotopic (exact) mass is 563 g/mol. The van der Waals surface area contributed by atoms with Crippen LogP contribution in [0.2, 0.25) is 0 Å². The molecule has 4 rings (SSSR count). The molecule has 1 saturated carbocycles. The minimum atomic E-state index is -0.493. The van der Waals surface area contributed by atoms with Crippen LogP contribution in [0.1, 0.15) is 59.2 Å². The Bertz CT molecular complexity index is 956. The molecule has 0 spiro atoms. The highest BCUT2D eigenvalue weighted by atomic mass is 127. The number of hydrogen-bond donors (Lipinski definition) is 0. The van der Waals surface area contributed by atoms with E-state index < -0.39 is 5.97 Å². The highest BCUT2D eigenvalue weighted by Gasteiger charge is 2.28. The molecule has 0 radical (unpaired) electrons. The molecule has 0 N–H and O–H groups in total. The van der Waals surface area contributed by atoms with Gasteiger partial charge in [-0.1, -0.05) is 0 Å². The van der Waals surface area contributed by atoms with Gasteiger partial charge in [-0.25, -0.2) is 4.79 Å². The lowest BCUT2D eigenvalue weighted by molar-refractivity contribution is -0.0595. The molecule has 1 aliphatic carbocycles.